The second-order valence-electron chi connectivity index (χ2n) is 7.19. The van der Waals surface area contributed by atoms with Crippen LogP contribution in [0.5, 0.6) is 5.75 Å². The topological polar surface area (TPSA) is 138 Å². The van der Waals surface area contributed by atoms with Crippen LogP contribution in [0.2, 0.25) is 0 Å². The van der Waals surface area contributed by atoms with Crippen molar-refractivity contribution in [2.24, 2.45) is 0 Å². The molecule has 0 radical (unpaired) electrons. The Hall–Kier alpha value is -1.69. The highest BCUT2D eigenvalue weighted by Crippen LogP contribution is 2.31. The number of carboxylic acid groups (broad SMARTS) is 1. The number of aliphatic carboxylic acids is 1. The normalized spacial score (nSPS) is 21.4. The fourth-order valence-electron chi connectivity index (χ4n) is 3.38. The van der Waals surface area contributed by atoms with E-state index in [1.807, 2.05) is 0 Å². The van der Waals surface area contributed by atoms with Crippen molar-refractivity contribution in [3.8, 4) is 5.75 Å². The Balaban J connectivity index is 2.35. The van der Waals surface area contributed by atoms with Crippen LogP contribution in [-0.4, -0.2) is 74.6 Å². The van der Waals surface area contributed by atoms with E-state index in [2.05, 4.69) is 0 Å². The molecule has 2 rings (SSSR count). The van der Waals surface area contributed by atoms with E-state index in [-0.39, 0.29) is 23.6 Å². The molecule has 0 amide bonds. The average Bonchev–Trinajstić information content (AvgIpc) is 2.89. The number of carboxylic acids is 1. The third-order valence-corrected chi connectivity index (χ3v) is 8.48. The minimum atomic E-state index is -4.17. The summed E-state index contributed by atoms with van der Waals surface area (Å²) in [7, 11) is -6.39. The Labute approximate surface area is 171 Å². The number of unbranched alkanes of at least 4 members (excludes halogenated alkanes) is 2. The van der Waals surface area contributed by atoms with E-state index in [1.165, 1.54) is 19.2 Å². The number of nitrogens with zero attached hydrogens (tertiary/aromatic N) is 1. The number of hydrogen-bond donors (Lipinski definition) is 2. The lowest BCUT2D eigenvalue weighted by molar-refractivity contribution is -0.137. The highest BCUT2D eigenvalue weighted by molar-refractivity contribution is 7.92. The van der Waals surface area contributed by atoms with Gasteiger partial charge in [0.2, 0.25) is 10.0 Å². The monoisotopic (exact) mass is 449 g/mol. The maximum absolute atomic E-state index is 13.4. The number of ether oxygens (including phenoxy) is 1. The zero-order valence-corrected chi connectivity index (χ0v) is 18.1. The summed E-state index contributed by atoms with van der Waals surface area (Å²) in [6, 6.07) is 3.56. The smallest absolute Gasteiger partial charge is 0.303 e. The van der Waals surface area contributed by atoms with Gasteiger partial charge in [-0.25, -0.2) is 16.8 Å². The van der Waals surface area contributed by atoms with Crippen LogP contribution in [0, 0.1) is 6.92 Å². The summed E-state index contributed by atoms with van der Waals surface area (Å²) < 4.78 is 57.0. The van der Waals surface area contributed by atoms with Crippen molar-refractivity contribution in [2.75, 3.05) is 25.2 Å². The maximum Gasteiger partial charge on any atom is 0.303 e. The van der Waals surface area contributed by atoms with Crippen molar-refractivity contribution in [3.05, 3.63) is 23.8 Å². The molecule has 0 aliphatic carbocycles. The first-order valence-electron chi connectivity index (χ1n) is 9.24. The Bertz CT molecular complexity index is 943. The summed E-state index contributed by atoms with van der Waals surface area (Å²) in [5, 5.41) is 19.0. The summed E-state index contributed by atoms with van der Waals surface area (Å²) in [5.41, 5.74) is 0.686. The fourth-order valence-corrected chi connectivity index (χ4v) is 7.21. The van der Waals surface area contributed by atoms with E-state index in [1.54, 1.807) is 13.0 Å². The van der Waals surface area contributed by atoms with Crippen LogP contribution in [0.15, 0.2) is 23.1 Å². The van der Waals surface area contributed by atoms with Crippen molar-refractivity contribution in [1.29, 1.82) is 0 Å². The molecule has 1 fully saturated rings. The SMILES string of the molecule is COc1ccc(C)cc1S(=O)(=O)N(CCCCCC(=O)O)[C@@H]1CS(=O)(=O)C[C@H]1O. The van der Waals surface area contributed by atoms with E-state index in [4.69, 9.17) is 9.84 Å². The van der Waals surface area contributed by atoms with Gasteiger partial charge in [-0.3, -0.25) is 4.79 Å². The van der Waals surface area contributed by atoms with Crippen molar-refractivity contribution < 1.29 is 36.6 Å². The highest BCUT2D eigenvalue weighted by Gasteiger charge is 2.45. The zero-order valence-electron chi connectivity index (χ0n) is 16.4. The van der Waals surface area contributed by atoms with E-state index >= 15 is 0 Å². The number of sulfonamides is 1. The largest absolute Gasteiger partial charge is 0.495 e. The van der Waals surface area contributed by atoms with E-state index in [0.29, 0.717) is 24.8 Å². The predicted octanol–water partition coefficient (Wildman–Crippen LogP) is 0.797. The third kappa shape index (κ3) is 5.91. The summed E-state index contributed by atoms with van der Waals surface area (Å²) in [6.07, 6.45) is -0.186. The predicted molar refractivity (Wildman–Crippen MR) is 106 cm³/mol. The van der Waals surface area contributed by atoms with Crippen molar-refractivity contribution >= 4 is 25.8 Å². The number of aliphatic hydroxyl groups is 1. The van der Waals surface area contributed by atoms with Gasteiger partial charge in [0, 0.05) is 13.0 Å². The number of benzene rings is 1. The van der Waals surface area contributed by atoms with Crippen LogP contribution < -0.4 is 4.74 Å². The average molecular weight is 450 g/mol. The molecule has 1 heterocycles. The van der Waals surface area contributed by atoms with Gasteiger partial charge in [0.1, 0.15) is 10.6 Å². The number of aliphatic hydroxyl groups excluding tert-OH is 1. The van der Waals surface area contributed by atoms with Gasteiger partial charge in [-0.2, -0.15) is 4.31 Å². The summed E-state index contributed by atoms with van der Waals surface area (Å²) in [4.78, 5) is 10.6. The Morgan fingerprint density at radius 3 is 2.48 bits per heavy atom. The third-order valence-electron chi connectivity index (χ3n) is 4.84. The second-order valence-corrected chi connectivity index (χ2v) is 11.2. The maximum atomic E-state index is 13.4. The quantitative estimate of drug-likeness (QED) is 0.500. The summed E-state index contributed by atoms with van der Waals surface area (Å²) in [6.45, 7) is 1.69. The van der Waals surface area contributed by atoms with Crippen molar-refractivity contribution in [2.45, 2.75) is 49.6 Å². The van der Waals surface area contributed by atoms with Gasteiger partial charge in [-0.15, -0.1) is 0 Å². The van der Waals surface area contributed by atoms with Crippen LogP contribution in [-0.2, 0) is 24.7 Å². The van der Waals surface area contributed by atoms with Gasteiger partial charge in [0.25, 0.3) is 0 Å². The van der Waals surface area contributed by atoms with Crippen molar-refractivity contribution in [3.63, 3.8) is 0 Å². The molecule has 1 saturated heterocycles. The Morgan fingerprint density at radius 2 is 1.93 bits per heavy atom. The number of sulfone groups is 1. The second kappa shape index (κ2) is 9.41. The zero-order chi connectivity index (χ0) is 21.8. The molecule has 9 nitrogen and oxygen atoms in total. The first-order valence-corrected chi connectivity index (χ1v) is 12.5. The molecule has 1 aliphatic heterocycles. The number of carbonyl (C=O) groups is 1. The first kappa shape index (κ1) is 23.6. The lowest BCUT2D eigenvalue weighted by Crippen LogP contribution is -2.47. The molecule has 2 atom stereocenters. The fraction of sp³-hybridized carbons (Fsp3) is 0.611. The molecule has 0 spiro atoms. The van der Waals surface area contributed by atoms with Crippen LogP contribution in [0.1, 0.15) is 31.2 Å². The van der Waals surface area contributed by atoms with E-state index in [9.17, 15) is 26.7 Å². The standard InChI is InChI=1S/C18H27NO8S2/c1-13-7-8-16(27-2)17(10-13)29(25,26)19(9-5-3-4-6-18(21)22)14-11-28(23,24)12-15(14)20/h7-8,10,14-15,20H,3-6,9,11-12H2,1-2H3,(H,21,22)/t14-,15-/m1/s1. The highest BCUT2D eigenvalue weighted by atomic mass is 32.2. The lowest BCUT2D eigenvalue weighted by Gasteiger charge is -2.30. The van der Waals surface area contributed by atoms with Gasteiger partial charge in [0.15, 0.2) is 9.84 Å². The van der Waals surface area contributed by atoms with Gasteiger partial charge >= 0.3 is 5.97 Å². The Morgan fingerprint density at radius 1 is 1.24 bits per heavy atom. The number of rotatable bonds is 10. The van der Waals surface area contributed by atoms with E-state index < -0.39 is 49.5 Å². The number of aryl methyl sites for hydroxylation is 1. The molecular formula is C18H27NO8S2. The van der Waals surface area contributed by atoms with Crippen LogP contribution >= 0.6 is 0 Å². The molecule has 0 bridgehead atoms. The molecule has 0 saturated carbocycles. The molecule has 164 valence electrons. The number of methoxy groups -OCH3 is 1. The Kier molecular flexibility index (Phi) is 7.66. The molecule has 1 aliphatic rings. The van der Waals surface area contributed by atoms with Crippen molar-refractivity contribution in [1.82, 2.24) is 4.31 Å². The minimum Gasteiger partial charge on any atom is -0.495 e. The molecule has 11 heteroatoms. The van der Waals surface area contributed by atoms with E-state index in [0.717, 1.165) is 4.31 Å². The van der Waals surface area contributed by atoms with Gasteiger partial charge in [-0.1, -0.05) is 12.5 Å². The number of hydrogen-bond acceptors (Lipinski definition) is 7. The molecule has 1 aromatic carbocycles. The van der Waals surface area contributed by atoms with Gasteiger partial charge in [-0.05, 0) is 37.5 Å². The molecule has 29 heavy (non-hydrogen) atoms. The lowest BCUT2D eigenvalue weighted by atomic mass is 10.1. The molecule has 0 unspecified atom stereocenters. The summed E-state index contributed by atoms with van der Waals surface area (Å²) >= 11 is 0. The van der Waals surface area contributed by atoms with Crippen LogP contribution in [0.25, 0.3) is 0 Å². The molecule has 2 N–H and O–H groups in total. The van der Waals surface area contributed by atoms with Gasteiger partial charge in [0.05, 0.1) is 30.8 Å². The molecule has 0 aromatic heterocycles. The minimum absolute atomic E-state index is 0.0289. The first-order chi connectivity index (χ1) is 13.5. The van der Waals surface area contributed by atoms with Gasteiger partial charge < -0.3 is 14.9 Å². The summed E-state index contributed by atoms with van der Waals surface area (Å²) in [5.74, 6) is -1.76. The van der Waals surface area contributed by atoms with Crippen LogP contribution in [0.3, 0.4) is 0 Å². The van der Waals surface area contributed by atoms with Crippen LogP contribution in [0.4, 0.5) is 0 Å². The molecular weight excluding hydrogens is 422 g/mol. The molecule has 1 aromatic rings.